The molecule has 0 aliphatic heterocycles. The first kappa shape index (κ1) is 39.1. The topological polar surface area (TPSA) is 164 Å². The molecule has 6 heterocycles. The van der Waals surface area contributed by atoms with Gasteiger partial charge in [0.2, 0.25) is 0 Å². The molecule has 318 valence electrons. The van der Waals surface area contributed by atoms with Crippen LogP contribution in [0.4, 0.5) is 0 Å². The Labute approximate surface area is 392 Å². The van der Waals surface area contributed by atoms with Crippen molar-refractivity contribution in [3.8, 4) is 69.0 Å². The molecule has 0 radical (unpaired) electrons. The average Bonchev–Trinajstić information content (AvgIpc) is 4.06. The van der Waals surface area contributed by atoms with Crippen LogP contribution < -0.4 is 0 Å². The van der Waals surface area contributed by atoms with Crippen LogP contribution in [0.1, 0.15) is 17.1 Å². The van der Waals surface area contributed by atoms with Gasteiger partial charge in [0, 0.05) is 32.3 Å². The Kier molecular flexibility index (Phi) is 8.71. The summed E-state index contributed by atoms with van der Waals surface area (Å²) in [5, 5.41) is 36.5. The highest BCUT2D eigenvalue weighted by molar-refractivity contribution is 6.17. The second-order valence-electron chi connectivity index (χ2n) is 16.5. The second kappa shape index (κ2) is 15.4. The van der Waals surface area contributed by atoms with Crippen LogP contribution >= 0.6 is 0 Å². The first-order chi connectivity index (χ1) is 34.1. The molecule has 0 saturated heterocycles. The molecule has 69 heavy (non-hydrogen) atoms. The van der Waals surface area contributed by atoms with Crippen LogP contribution in [0.15, 0.2) is 183 Å². The summed E-state index contributed by atoms with van der Waals surface area (Å²) in [6.07, 6.45) is 9.40. The van der Waals surface area contributed by atoms with Crippen LogP contribution in [0.5, 0.6) is 0 Å². The molecule has 0 bridgehead atoms. The summed E-state index contributed by atoms with van der Waals surface area (Å²) in [5.41, 5.74) is 11.1. The summed E-state index contributed by atoms with van der Waals surface area (Å²) in [6.45, 7) is 0. The molecular formula is C57H30N12. The molecule has 0 N–H and O–H groups in total. The third kappa shape index (κ3) is 5.79. The van der Waals surface area contributed by atoms with Crippen molar-refractivity contribution in [3.63, 3.8) is 0 Å². The second-order valence-corrected chi connectivity index (χ2v) is 16.5. The Balaban J connectivity index is 1.42. The quantitative estimate of drug-likeness (QED) is 0.158. The van der Waals surface area contributed by atoms with Crippen molar-refractivity contribution >= 4 is 65.4 Å². The predicted octanol–water partition coefficient (Wildman–Crippen LogP) is 12.0. The van der Waals surface area contributed by atoms with E-state index in [-0.39, 0.29) is 17.1 Å². The number of benzene rings is 7. The van der Waals surface area contributed by atoms with E-state index < -0.39 is 0 Å². The van der Waals surface area contributed by atoms with Crippen molar-refractivity contribution < 1.29 is 0 Å². The van der Waals surface area contributed by atoms with Gasteiger partial charge in [-0.15, -0.1) is 0 Å². The number of nitriles is 3. The molecule has 6 aromatic heterocycles. The summed E-state index contributed by atoms with van der Waals surface area (Å²) < 4.78 is 6.79. The van der Waals surface area contributed by atoms with Gasteiger partial charge >= 0.3 is 0 Å². The Bertz CT molecular complexity index is 3760. The standard InChI is InChI=1S/C57H30N12/c58-25-34-28-64-43(31-61-34)52-55(67-46-19-7-1-13-37(46)38-14-2-8-20-47(38)67)53(44-32-62-35(26-59)29-65-44)57(69-50-23-11-5-17-41(50)42-18-6-12-24-51(42)69)54(45-33-63-36(27-60)30-66-45)56(52)68-48-21-9-3-15-39(48)40-16-4-10-22-49(40)68/h1-24,28-33H. The first-order valence-corrected chi connectivity index (χ1v) is 22.0. The third-order valence-corrected chi connectivity index (χ3v) is 12.9. The first-order valence-electron chi connectivity index (χ1n) is 22.0. The van der Waals surface area contributed by atoms with Gasteiger partial charge in [0.05, 0.1) is 121 Å². The van der Waals surface area contributed by atoms with Crippen LogP contribution in [0.25, 0.3) is 116 Å². The van der Waals surface area contributed by atoms with Gasteiger partial charge in [-0.3, -0.25) is 15.0 Å². The van der Waals surface area contributed by atoms with Gasteiger partial charge in [-0.05, 0) is 36.4 Å². The summed E-state index contributed by atoms with van der Waals surface area (Å²) in [6, 6.07) is 56.3. The number of rotatable bonds is 6. The lowest BCUT2D eigenvalue weighted by Gasteiger charge is -2.29. The summed E-state index contributed by atoms with van der Waals surface area (Å²) >= 11 is 0. The maximum Gasteiger partial charge on any atom is 0.158 e. The molecule has 0 spiro atoms. The monoisotopic (exact) mass is 882 g/mol. The molecule has 12 heteroatoms. The minimum absolute atomic E-state index is 0.147. The minimum Gasteiger partial charge on any atom is -0.308 e. The van der Waals surface area contributed by atoms with Crippen molar-refractivity contribution in [2.24, 2.45) is 0 Å². The van der Waals surface area contributed by atoms with E-state index in [9.17, 15) is 15.8 Å². The summed E-state index contributed by atoms with van der Waals surface area (Å²) in [7, 11) is 0. The fourth-order valence-corrected chi connectivity index (χ4v) is 10.1. The SMILES string of the molecule is N#Cc1cnc(-c2c(-n3c4ccccc4c4ccccc43)c(-c3cnc(C#N)cn3)c(-n3c4ccccc4c4ccccc43)c(-c3cnc(C#N)cn3)c2-n2c3ccccc3c3ccccc32)cn1. The molecule has 13 rings (SSSR count). The highest BCUT2D eigenvalue weighted by Crippen LogP contribution is 2.53. The summed E-state index contributed by atoms with van der Waals surface area (Å²) in [4.78, 5) is 29.5. The maximum absolute atomic E-state index is 10.1. The zero-order valence-corrected chi connectivity index (χ0v) is 36.2. The number of nitrogens with zero attached hydrogens (tertiary/aromatic N) is 12. The maximum atomic E-state index is 10.1. The predicted molar refractivity (Wildman–Crippen MR) is 267 cm³/mol. The number of aromatic nitrogens is 9. The van der Waals surface area contributed by atoms with Gasteiger partial charge in [0.25, 0.3) is 0 Å². The van der Waals surface area contributed by atoms with E-state index in [1.54, 1.807) is 18.6 Å². The van der Waals surface area contributed by atoms with Crippen LogP contribution in [0.3, 0.4) is 0 Å². The van der Waals surface area contributed by atoms with Gasteiger partial charge in [-0.2, -0.15) is 15.8 Å². The molecule has 13 aromatic rings. The van der Waals surface area contributed by atoms with E-state index in [4.69, 9.17) is 29.9 Å². The zero-order valence-electron chi connectivity index (χ0n) is 36.2. The van der Waals surface area contributed by atoms with Crippen LogP contribution in [0, 0.1) is 34.0 Å². The number of hydrogen-bond donors (Lipinski definition) is 0. The van der Waals surface area contributed by atoms with E-state index in [1.807, 2.05) is 72.8 Å². The highest BCUT2D eigenvalue weighted by atomic mass is 15.1. The Morgan fingerprint density at radius 2 is 0.493 bits per heavy atom. The molecule has 0 amide bonds. The van der Waals surface area contributed by atoms with Gasteiger partial charge in [-0.1, -0.05) is 109 Å². The molecule has 0 unspecified atom stereocenters. The van der Waals surface area contributed by atoms with Crippen LogP contribution in [-0.2, 0) is 0 Å². The molecule has 7 aromatic carbocycles. The van der Waals surface area contributed by atoms with E-state index >= 15 is 0 Å². The largest absolute Gasteiger partial charge is 0.308 e. The number of para-hydroxylation sites is 6. The van der Waals surface area contributed by atoms with E-state index in [0.717, 1.165) is 65.4 Å². The average molecular weight is 883 g/mol. The van der Waals surface area contributed by atoms with Gasteiger partial charge in [0.15, 0.2) is 17.1 Å². The molecule has 0 aliphatic rings. The van der Waals surface area contributed by atoms with Crippen molar-refractivity contribution in [3.05, 3.63) is 200 Å². The van der Waals surface area contributed by atoms with Gasteiger partial charge in [0.1, 0.15) is 18.2 Å². The highest BCUT2D eigenvalue weighted by Gasteiger charge is 2.35. The van der Waals surface area contributed by atoms with E-state index in [0.29, 0.717) is 50.8 Å². The Morgan fingerprint density at radius 1 is 0.275 bits per heavy atom. The third-order valence-electron chi connectivity index (χ3n) is 12.9. The molecule has 0 fully saturated rings. The van der Waals surface area contributed by atoms with E-state index in [2.05, 4.69) is 105 Å². The van der Waals surface area contributed by atoms with Crippen molar-refractivity contribution in [1.82, 2.24) is 43.6 Å². The fourth-order valence-electron chi connectivity index (χ4n) is 10.1. The van der Waals surface area contributed by atoms with Crippen molar-refractivity contribution in [2.75, 3.05) is 0 Å². The zero-order chi connectivity index (χ0) is 46.2. The summed E-state index contributed by atoms with van der Waals surface area (Å²) in [5.74, 6) is 0. The molecule has 0 aliphatic carbocycles. The van der Waals surface area contributed by atoms with Crippen molar-refractivity contribution in [1.29, 1.82) is 15.8 Å². The lowest BCUT2D eigenvalue weighted by Crippen LogP contribution is -2.14. The van der Waals surface area contributed by atoms with Crippen LogP contribution in [-0.4, -0.2) is 43.6 Å². The minimum atomic E-state index is 0.147. The smallest absolute Gasteiger partial charge is 0.158 e. The lowest BCUT2D eigenvalue weighted by molar-refractivity contribution is 1.07. The molecule has 0 saturated carbocycles. The van der Waals surface area contributed by atoms with Crippen molar-refractivity contribution in [2.45, 2.75) is 0 Å². The van der Waals surface area contributed by atoms with Gasteiger partial charge in [-0.25, -0.2) is 15.0 Å². The molecule has 12 nitrogen and oxygen atoms in total. The lowest BCUT2D eigenvalue weighted by atomic mass is 9.90. The normalized spacial score (nSPS) is 11.4. The van der Waals surface area contributed by atoms with Crippen LogP contribution in [0.2, 0.25) is 0 Å². The number of fused-ring (bicyclic) bond motifs is 9. The molecular weight excluding hydrogens is 853 g/mol. The van der Waals surface area contributed by atoms with Gasteiger partial charge < -0.3 is 13.7 Å². The Morgan fingerprint density at radius 3 is 0.681 bits per heavy atom. The molecule has 0 atom stereocenters. The fraction of sp³-hybridized carbons (Fsp3) is 0. The van der Waals surface area contributed by atoms with E-state index in [1.165, 1.54) is 18.6 Å². The Hall–Kier alpha value is -10.4. The number of hydrogen-bond acceptors (Lipinski definition) is 9.